The maximum Gasteiger partial charge on any atom is 0.315 e. The molecule has 1 aliphatic rings. The predicted molar refractivity (Wildman–Crippen MR) is 80.8 cm³/mol. The van der Waals surface area contributed by atoms with E-state index >= 15 is 0 Å². The molecule has 1 fully saturated rings. The summed E-state index contributed by atoms with van der Waals surface area (Å²) in [5.74, 6) is -0.869. The van der Waals surface area contributed by atoms with E-state index in [1.807, 2.05) is 6.07 Å². The summed E-state index contributed by atoms with van der Waals surface area (Å²) < 4.78 is 0. The number of hydrogen-bond donors (Lipinski definition) is 3. The molecule has 5 nitrogen and oxygen atoms in total. The van der Waals surface area contributed by atoms with E-state index in [-0.39, 0.29) is 18.0 Å². The molecule has 1 aromatic carbocycles. The van der Waals surface area contributed by atoms with E-state index in [0.29, 0.717) is 23.0 Å². The molecule has 0 aromatic heterocycles. The lowest BCUT2D eigenvalue weighted by atomic mass is 10.1. The van der Waals surface area contributed by atoms with Crippen LogP contribution in [0.1, 0.15) is 31.2 Å². The number of benzene rings is 1. The first-order valence-corrected chi connectivity index (χ1v) is 7.42. The number of nitrogens with one attached hydrogen (secondary N) is 2. The van der Waals surface area contributed by atoms with E-state index in [4.69, 9.17) is 28.3 Å². The van der Waals surface area contributed by atoms with Crippen LogP contribution in [0.2, 0.25) is 10.0 Å². The predicted octanol–water partition coefficient (Wildman–Crippen LogP) is 3.15. The molecule has 0 aliphatic heterocycles. The smallest absolute Gasteiger partial charge is 0.315 e. The van der Waals surface area contributed by atoms with Crippen LogP contribution >= 0.6 is 23.2 Å². The van der Waals surface area contributed by atoms with Gasteiger partial charge in [0.15, 0.2) is 0 Å². The first-order valence-electron chi connectivity index (χ1n) is 6.66. The van der Waals surface area contributed by atoms with Crippen molar-refractivity contribution < 1.29 is 14.7 Å². The second kappa shape index (κ2) is 6.54. The maximum absolute atomic E-state index is 11.8. The van der Waals surface area contributed by atoms with Crippen molar-refractivity contribution in [2.75, 3.05) is 6.54 Å². The van der Waals surface area contributed by atoms with Crippen molar-refractivity contribution in [3.8, 4) is 0 Å². The van der Waals surface area contributed by atoms with Gasteiger partial charge in [-0.05, 0) is 37.0 Å². The normalized spacial score (nSPS) is 15.3. The first kappa shape index (κ1) is 15.9. The minimum absolute atomic E-state index is 0.0399. The third-order valence-electron chi connectivity index (χ3n) is 3.43. The molecule has 0 heterocycles. The molecule has 114 valence electrons. The summed E-state index contributed by atoms with van der Waals surface area (Å²) in [6.07, 6.45) is 2.13. The topological polar surface area (TPSA) is 78.4 Å². The molecule has 1 aliphatic carbocycles. The van der Waals surface area contributed by atoms with Crippen LogP contribution in [-0.4, -0.2) is 23.7 Å². The van der Waals surface area contributed by atoms with Crippen molar-refractivity contribution >= 4 is 35.2 Å². The Morgan fingerprint density at radius 3 is 2.52 bits per heavy atom. The summed E-state index contributed by atoms with van der Waals surface area (Å²) in [6, 6.07) is 5.03. The summed E-state index contributed by atoms with van der Waals surface area (Å²) in [4.78, 5) is 22.2. The quantitative estimate of drug-likeness (QED) is 0.701. The summed E-state index contributed by atoms with van der Waals surface area (Å²) in [5.41, 5.74) is 0.545. The Morgan fingerprint density at radius 2 is 1.95 bits per heavy atom. The lowest BCUT2D eigenvalue weighted by Crippen LogP contribution is -2.42. The van der Waals surface area contributed by atoms with Crippen molar-refractivity contribution in [1.82, 2.24) is 10.6 Å². The minimum atomic E-state index is -0.869. The van der Waals surface area contributed by atoms with Gasteiger partial charge < -0.3 is 15.7 Å². The van der Waals surface area contributed by atoms with Gasteiger partial charge in [0.25, 0.3) is 0 Å². The van der Waals surface area contributed by atoms with E-state index in [1.165, 1.54) is 0 Å². The number of carboxylic acids is 1. The molecular formula is C14H16Cl2N2O3. The van der Waals surface area contributed by atoms with Crippen molar-refractivity contribution in [2.24, 2.45) is 0 Å². The Labute approximate surface area is 132 Å². The fourth-order valence-electron chi connectivity index (χ4n) is 2.11. The molecule has 1 aromatic rings. The zero-order valence-electron chi connectivity index (χ0n) is 11.3. The average Bonchev–Trinajstić information content (AvgIpc) is 3.18. The van der Waals surface area contributed by atoms with E-state index in [2.05, 4.69) is 10.6 Å². The fourth-order valence-corrected chi connectivity index (χ4v) is 2.41. The summed E-state index contributed by atoms with van der Waals surface area (Å²) in [5, 5.41) is 15.0. The highest BCUT2D eigenvalue weighted by atomic mass is 35.5. The van der Waals surface area contributed by atoms with E-state index in [9.17, 15) is 9.59 Å². The van der Waals surface area contributed by atoms with Crippen molar-refractivity contribution in [3.63, 3.8) is 0 Å². The van der Waals surface area contributed by atoms with Crippen molar-refractivity contribution in [3.05, 3.63) is 33.8 Å². The van der Waals surface area contributed by atoms with Gasteiger partial charge in [-0.2, -0.15) is 0 Å². The molecular weight excluding hydrogens is 315 g/mol. The molecule has 0 unspecified atom stereocenters. The zero-order valence-corrected chi connectivity index (χ0v) is 12.8. The van der Waals surface area contributed by atoms with Crippen LogP contribution in [0, 0.1) is 0 Å². The van der Waals surface area contributed by atoms with Crippen LogP contribution in [0.3, 0.4) is 0 Å². The number of rotatable bonds is 6. The monoisotopic (exact) mass is 330 g/mol. The first-order chi connectivity index (χ1) is 9.93. The highest BCUT2D eigenvalue weighted by Gasteiger charge is 2.45. The second-order valence-corrected chi connectivity index (χ2v) is 5.90. The number of aliphatic carboxylic acids is 1. The number of carbonyl (C=O) groups is 2. The molecule has 0 atom stereocenters. The molecule has 3 N–H and O–H groups in total. The van der Waals surface area contributed by atoms with Gasteiger partial charge in [-0.25, -0.2) is 4.79 Å². The third-order valence-corrected chi connectivity index (χ3v) is 4.17. The molecule has 0 bridgehead atoms. The van der Waals surface area contributed by atoms with Crippen LogP contribution in [0.5, 0.6) is 0 Å². The van der Waals surface area contributed by atoms with Gasteiger partial charge in [-0.3, -0.25) is 4.79 Å². The number of carbonyl (C=O) groups excluding carboxylic acids is 1. The SMILES string of the molecule is O=C(O)CCCNC(=O)NC1(c2ccc(Cl)c(Cl)c2)CC1. The molecule has 21 heavy (non-hydrogen) atoms. The number of amides is 2. The van der Waals surface area contributed by atoms with Gasteiger partial charge in [0.1, 0.15) is 0 Å². The van der Waals surface area contributed by atoms with Gasteiger partial charge in [0.2, 0.25) is 0 Å². The Hall–Kier alpha value is -1.46. The van der Waals surface area contributed by atoms with Gasteiger partial charge in [-0.1, -0.05) is 29.3 Å². The number of halogens is 2. The van der Waals surface area contributed by atoms with Crippen LogP contribution in [-0.2, 0) is 10.3 Å². The van der Waals surface area contributed by atoms with Gasteiger partial charge in [-0.15, -0.1) is 0 Å². The van der Waals surface area contributed by atoms with Crippen LogP contribution in [0.4, 0.5) is 4.79 Å². The Bertz CT molecular complexity index is 559. The minimum Gasteiger partial charge on any atom is -0.481 e. The lowest BCUT2D eigenvalue weighted by molar-refractivity contribution is -0.137. The molecule has 1 saturated carbocycles. The molecule has 0 spiro atoms. The van der Waals surface area contributed by atoms with Crippen molar-refractivity contribution in [1.29, 1.82) is 0 Å². The van der Waals surface area contributed by atoms with E-state index in [1.54, 1.807) is 12.1 Å². The summed E-state index contributed by atoms with van der Waals surface area (Å²) >= 11 is 11.9. The zero-order chi connectivity index (χ0) is 15.5. The van der Waals surface area contributed by atoms with Crippen LogP contribution in [0.25, 0.3) is 0 Å². The molecule has 0 radical (unpaired) electrons. The Morgan fingerprint density at radius 1 is 1.24 bits per heavy atom. The number of carboxylic acid groups (broad SMARTS) is 1. The fraction of sp³-hybridized carbons (Fsp3) is 0.429. The second-order valence-electron chi connectivity index (χ2n) is 5.09. The Balaban J connectivity index is 1.88. The van der Waals surface area contributed by atoms with Crippen molar-refractivity contribution in [2.45, 2.75) is 31.2 Å². The maximum atomic E-state index is 11.8. The molecule has 2 rings (SSSR count). The van der Waals surface area contributed by atoms with Crippen LogP contribution < -0.4 is 10.6 Å². The highest BCUT2D eigenvalue weighted by Crippen LogP contribution is 2.46. The highest BCUT2D eigenvalue weighted by molar-refractivity contribution is 6.42. The average molecular weight is 331 g/mol. The standard InChI is InChI=1S/C14H16Cl2N2O3/c15-10-4-3-9(8-11(10)16)14(5-6-14)18-13(21)17-7-1-2-12(19)20/h3-4,8H,1-2,5-7H2,(H,19,20)(H2,17,18,21). The Kier molecular flexibility index (Phi) is 4.96. The largest absolute Gasteiger partial charge is 0.481 e. The molecule has 2 amide bonds. The summed E-state index contributed by atoms with van der Waals surface area (Å²) in [7, 11) is 0. The number of urea groups is 1. The molecule has 7 heteroatoms. The lowest BCUT2D eigenvalue weighted by Gasteiger charge is -2.19. The van der Waals surface area contributed by atoms with E-state index < -0.39 is 5.97 Å². The van der Waals surface area contributed by atoms with Gasteiger partial charge in [0.05, 0.1) is 15.6 Å². The molecule has 0 saturated heterocycles. The van der Waals surface area contributed by atoms with E-state index in [0.717, 1.165) is 18.4 Å². The number of hydrogen-bond acceptors (Lipinski definition) is 2. The van der Waals surface area contributed by atoms with Gasteiger partial charge in [0, 0.05) is 13.0 Å². The summed E-state index contributed by atoms with van der Waals surface area (Å²) in [6.45, 7) is 0.329. The van der Waals surface area contributed by atoms with Crippen LogP contribution in [0.15, 0.2) is 18.2 Å². The van der Waals surface area contributed by atoms with Gasteiger partial charge >= 0.3 is 12.0 Å². The third kappa shape index (κ3) is 4.25.